The predicted octanol–water partition coefficient (Wildman–Crippen LogP) is 2.46. The highest BCUT2D eigenvalue weighted by Gasteiger charge is 2.20. The van der Waals surface area contributed by atoms with Gasteiger partial charge in [-0.1, -0.05) is 0 Å². The monoisotopic (exact) mass is 318 g/mol. The molecule has 0 aliphatic heterocycles. The molecule has 0 aliphatic carbocycles. The van der Waals surface area contributed by atoms with Crippen molar-refractivity contribution in [1.82, 2.24) is 0 Å². The zero-order valence-electron chi connectivity index (χ0n) is 12.4. The van der Waals surface area contributed by atoms with Gasteiger partial charge in [0.05, 0.1) is 19.8 Å². The minimum absolute atomic E-state index is 0.0557. The van der Waals surface area contributed by atoms with Gasteiger partial charge in [-0.25, -0.2) is 9.59 Å². The van der Waals surface area contributed by atoms with Gasteiger partial charge in [-0.05, 0) is 36.4 Å². The van der Waals surface area contributed by atoms with Gasteiger partial charge < -0.3 is 24.4 Å². The highest BCUT2D eigenvalue weighted by atomic mass is 16.5. The molecule has 0 radical (unpaired) electrons. The van der Waals surface area contributed by atoms with E-state index < -0.39 is 23.4 Å². The van der Waals surface area contributed by atoms with Gasteiger partial charge in [0, 0.05) is 0 Å². The van der Waals surface area contributed by atoms with E-state index in [2.05, 4.69) is 9.47 Å². The molecular formula is C16H14O7. The van der Waals surface area contributed by atoms with Gasteiger partial charge in [-0.15, -0.1) is 0 Å². The summed E-state index contributed by atoms with van der Waals surface area (Å²) in [6.45, 7) is 0. The molecule has 2 N–H and O–H groups in total. The molecule has 0 aromatic heterocycles. The molecule has 23 heavy (non-hydrogen) atoms. The topological polar surface area (TPSA) is 102 Å². The average molecular weight is 318 g/mol. The predicted molar refractivity (Wildman–Crippen MR) is 79.0 cm³/mol. The van der Waals surface area contributed by atoms with Crippen molar-refractivity contribution in [3.8, 4) is 23.0 Å². The van der Waals surface area contributed by atoms with E-state index in [9.17, 15) is 19.8 Å². The normalized spacial score (nSPS) is 10.0. The second-order valence-corrected chi connectivity index (χ2v) is 4.42. The molecule has 0 atom stereocenters. The molecule has 0 unspecified atom stereocenters. The molecule has 0 spiro atoms. The van der Waals surface area contributed by atoms with Crippen LogP contribution in [0.1, 0.15) is 20.7 Å². The Morgan fingerprint density at radius 2 is 1.48 bits per heavy atom. The maximum atomic E-state index is 11.7. The van der Waals surface area contributed by atoms with Crippen molar-refractivity contribution in [3.63, 3.8) is 0 Å². The molecule has 2 aromatic rings. The third-order valence-electron chi connectivity index (χ3n) is 3.01. The molecule has 0 saturated carbocycles. The highest BCUT2D eigenvalue weighted by Crippen LogP contribution is 2.41. The lowest BCUT2D eigenvalue weighted by molar-refractivity contribution is 0.0590. The number of ether oxygens (including phenoxy) is 3. The van der Waals surface area contributed by atoms with E-state index in [1.807, 2.05) is 0 Å². The van der Waals surface area contributed by atoms with E-state index in [-0.39, 0.29) is 17.1 Å². The third kappa shape index (κ3) is 3.34. The van der Waals surface area contributed by atoms with Crippen molar-refractivity contribution in [3.05, 3.63) is 47.5 Å². The lowest BCUT2D eigenvalue weighted by Gasteiger charge is -2.12. The Kier molecular flexibility index (Phi) is 4.70. The molecule has 0 amide bonds. The quantitative estimate of drug-likeness (QED) is 0.659. The van der Waals surface area contributed by atoms with Crippen LogP contribution in [-0.4, -0.2) is 36.4 Å². The summed E-state index contributed by atoms with van der Waals surface area (Å²) in [5.41, 5.74) is 0.257. The molecule has 0 heterocycles. The number of hydrogen-bond donors (Lipinski definition) is 2. The van der Waals surface area contributed by atoms with Crippen molar-refractivity contribution < 1.29 is 34.0 Å². The lowest BCUT2D eigenvalue weighted by atomic mass is 10.1. The first kappa shape index (κ1) is 16.2. The van der Waals surface area contributed by atoms with E-state index in [1.54, 1.807) is 0 Å². The van der Waals surface area contributed by atoms with Crippen LogP contribution in [0.3, 0.4) is 0 Å². The number of benzene rings is 2. The van der Waals surface area contributed by atoms with Crippen LogP contribution in [0.4, 0.5) is 0 Å². The van der Waals surface area contributed by atoms with E-state index in [1.165, 1.54) is 44.6 Å². The van der Waals surface area contributed by atoms with E-state index in [0.717, 1.165) is 6.07 Å². The van der Waals surface area contributed by atoms with Crippen LogP contribution >= 0.6 is 0 Å². The van der Waals surface area contributed by atoms with E-state index >= 15 is 0 Å². The van der Waals surface area contributed by atoms with Crippen LogP contribution in [0.25, 0.3) is 0 Å². The summed E-state index contributed by atoms with van der Waals surface area (Å²) >= 11 is 0. The standard InChI is InChI=1S/C16H14O7/c1-21-15(19)9-3-5-10(6-4-9)23-14-11(16(20)22-2)7-8-12(17)13(14)18/h3-8,17-18H,1-2H3. The van der Waals surface area contributed by atoms with Crippen LogP contribution in [0.5, 0.6) is 23.0 Å². The van der Waals surface area contributed by atoms with Crippen LogP contribution in [0.15, 0.2) is 36.4 Å². The Bertz CT molecular complexity index is 735. The number of carbonyl (C=O) groups excluding carboxylic acids is 2. The summed E-state index contributed by atoms with van der Waals surface area (Å²) in [7, 11) is 2.45. The number of aromatic hydroxyl groups is 2. The summed E-state index contributed by atoms with van der Waals surface area (Å²) < 4.78 is 14.6. The highest BCUT2D eigenvalue weighted by molar-refractivity contribution is 5.94. The fraction of sp³-hybridized carbons (Fsp3) is 0.125. The molecule has 0 bridgehead atoms. The molecule has 120 valence electrons. The Balaban J connectivity index is 2.37. The number of phenols is 2. The van der Waals surface area contributed by atoms with Crippen LogP contribution in [0, 0.1) is 0 Å². The van der Waals surface area contributed by atoms with Crippen LogP contribution in [-0.2, 0) is 9.47 Å². The van der Waals surface area contributed by atoms with Gasteiger partial charge in [0.15, 0.2) is 11.5 Å². The summed E-state index contributed by atoms with van der Waals surface area (Å²) in [6, 6.07) is 8.24. The SMILES string of the molecule is COC(=O)c1ccc(Oc2c(C(=O)OC)ccc(O)c2O)cc1. The second-order valence-electron chi connectivity index (χ2n) is 4.42. The van der Waals surface area contributed by atoms with Gasteiger partial charge in [-0.2, -0.15) is 0 Å². The fourth-order valence-electron chi connectivity index (χ4n) is 1.83. The Morgan fingerprint density at radius 1 is 0.870 bits per heavy atom. The molecule has 2 rings (SSSR count). The summed E-state index contributed by atoms with van der Waals surface area (Å²) in [4.78, 5) is 23.1. The summed E-state index contributed by atoms with van der Waals surface area (Å²) in [6.07, 6.45) is 0. The molecule has 7 heteroatoms. The minimum atomic E-state index is -0.735. The van der Waals surface area contributed by atoms with E-state index in [0.29, 0.717) is 5.56 Å². The second kappa shape index (κ2) is 6.69. The van der Waals surface area contributed by atoms with Gasteiger partial charge in [0.2, 0.25) is 5.75 Å². The molecule has 0 aliphatic rings. The van der Waals surface area contributed by atoms with Gasteiger partial charge in [0.1, 0.15) is 11.3 Å². The number of carbonyl (C=O) groups is 2. The fourth-order valence-corrected chi connectivity index (χ4v) is 1.83. The number of phenolic OH excluding ortho intramolecular Hbond substituents is 2. The van der Waals surface area contributed by atoms with Crippen molar-refractivity contribution in [2.75, 3.05) is 14.2 Å². The number of rotatable bonds is 4. The molecule has 2 aromatic carbocycles. The first-order valence-corrected chi connectivity index (χ1v) is 6.47. The van der Waals surface area contributed by atoms with Gasteiger partial charge >= 0.3 is 11.9 Å². The first-order chi connectivity index (χ1) is 11.0. The lowest BCUT2D eigenvalue weighted by Crippen LogP contribution is -2.04. The Morgan fingerprint density at radius 3 is 2.04 bits per heavy atom. The minimum Gasteiger partial charge on any atom is -0.504 e. The number of esters is 2. The van der Waals surface area contributed by atoms with Gasteiger partial charge in [0.25, 0.3) is 0 Å². The maximum absolute atomic E-state index is 11.7. The Hall–Kier alpha value is -3.22. The molecular weight excluding hydrogens is 304 g/mol. The van der Waals surface area contributed by atoms with Crippen molar-refractivity contribution >= 4 is 11.9 Å². The summed E-state index contributed by atoms with van der Waals surface area (Å²) in [5, 5.41) is 19.5. The molecule has 0 fully saturated rings. The smallest absolute Gasteiger partial charge is 0.341 e. The third-order valence-corrected chi connectivity index (χ3v) is 3.01. The zero-order chi connectivity index (χ0) is 17.0. The van der Waals surface area contributed by atoms with Crippen molar-refractivity contribution in [1.29, 1.82) is 0 Å². The maximum Gasteiger partial charge on any atom is 0.341 e. The molecule has 0 saturated heterocycles. The first-order valence-electron chi connectivity index (χ1n) is 6.47. The Labute approximate surface area is 131 Å². The van der Waals surface area contributed by atoms with Crippen LogP contribution < -0.4 is 4.74 Å². The number of hydrogen-bond acceptors (Lipinski definition) is 7. The van der Waals surface area contributed by atoms with Crippen molar-refractivity contribution in [2.24, 2.45) is 0 Å². The van der Waals surface area contributed by atoms with Crippen molar-refractivity contribution in [2.45, 2.75) is 0 Å². The van der Waals surface area contributed by atoms with Gasteiger partial charge in [-0.3, -0.25) is 0 Å². The van der Waals surface area contributed by atoms with E-state index in [4.69, 9.17) is 4.74 Å². The van der Waals surface area contributed by atoms with Crippen LogP contribution in [0.2, 0.25) is 0 Å². The largest absolute Gasteiger partial charge is 0.504 e. The summed E-state index contributed by atoms with van der Waals surface area (Å²) in [5.74, 6) is -2.29. The number of methoxy groups -OCH3 is 2. The average Bonchev–Trinajstić information content (AvgIpc) is 2.58. The zero-order valence-corrected chi connectivity index (χ0v) is 12.4. The molecule has 7 nitrogen and oxygen atoms in total.